The second kappa shape index (κ2) is 11.7. The first-order chi connectivity index (χ1) is 24.1. The molecule has 0 saturated carbocycles. The molecule has 0 radical (unpaired) electrons. The lowest BCUT2D eigenvalue weighted by atomic mass is 9.88. The van der Waals surface area contributed by atoms with Crippen LogP contribution in [-0.4, -0.2) is 75.0 Å². The molecule has 8 rings (SSSR count). The number of alkyl halides is 6. The lowest BCUT2D eigenvalue weighted by Crippen LogP contribution is -2.59. The molecule has 2 bridgehead atoms. The highest BCUT2D eigenvalue weighted by atomic mass is 19.4. The van der Waals surface area contributed by atoms with E-state index in [1.807, 2.05) is 0 Å². The second-order valence-corrected chi connectivity index (χ2v) is 14.2. The SMILES string of the molecule is Cc1cc2[nH]ncc2c(-c2c(C(F)(F)F)cc3c(N4C[C@H]5CC[C@@](C=C(F)F)(C4)N5)nc(OCC45CCCN4CCC5)nc3c2F)c1C(F)(F)F. The molecule has 6 heterocycles. The van der Waals surface area contributed by atoms with Crippen LogP contribution in [0.25, 0.3) is 32.9 Å². The van der Waals surface area contributed by atoms with E-state index in [9.17, 15) is 22.0 Å². The number of hydrogen-bond donors (Lipinski definition) is 2. The molecule has 4 aliphatic rings. The molecule has 2 N–H and O–H groups in total. The van der Waals surface area contributed by atoms with Crippen molar-refractivity contribution in [1.29, 1.82) is 0 Å². The van der Waals surface area contributed by atoms with Crippen molar-refractivity contribution < 1.29 is 44.3 Å². The van der Waals surface area contributed by atoms with Gasteiger partial charge in [0, 0.05) is 47.1 Å². The number of aromatic nitrogens is 4. The molecule has 0 spiro atoms. The summed E-state index contributed by atoms with van der Waals surface area (Å²) >= 11 is 0. The van der Waals surface area contributed by atoms with Gasteiger partial charge in [0.25, 0.3) is 6.08 Å². The van der Waals surface area contributed by atoms with Crippen LogP contribution in [0.5, 0.6) is 6.01 Å². The van der Waals surface area contributed by atoms with Crippen molar-refractivity contribution in [2.45, 2.75) is 74.9 Å². The Hall–Kier alpha value is -4.12. The Morgan fingerprint density at radius 2 is 1.75 bits per heavy atom. The number of aromatic amines is 1. The average molecular weight is 726 g/mol. The molecule has 272 valence electrons. The minimum absolute atomic E-state index is 0.0257. The topological polar surface area (TPSA) is 82.2 Å². The predicted molar refractivity (Wildman–Crippen MR) is 169 cm³/mol. The van der Waals surface area contributed by atoms with Crippen molar-refractivity contribution in [2.24, 2.45) is 0 Å². The summed E-state index contributed by atoms with van der Waals surface area (Å²) in [5.41, 5.74) is -8.24. The summed E-state index contributed by atoms with van der Waals surface area (Å²) in [7, 11) is 0. The molecule has 4 fully saturated rings. The maximum Gasteiger partial charge on any atom is 0.417 e. The first-order valence-electron chi connectivity index (χ1n) is 16.7. The van der Waals surface area contributed by atoms with Gasteiger partial charge in [0.1, 0.15) is 17.9 Å². The largest absolute Gasteiger partial charge is 0.461 e. The molecule has 51 heavy (non-hydrogen) atoms. The highest BCUT2D eigenvalue weighted by Gasteiger charge is 2.48. The maximum absolute atomic E-state index is 17.2. The van der Waals surface area contributed by atoms with E-state index >= 15 is 17.6 Å². The normalized spacial score (nSPS) is 23.4. The predicted octanol–water partition coefficient (Wildman–Crippen LogP) is 7.76. The van der Waals surface area contributed by atoms with Crippen molar-refractivity contribution in [1.82, 2.24) is 30.4 Å². The Bertz CT molecular complexity index is 2060. The van der Waals surface area contributed by atoms with E-state index in [1.54, 1.807) is 0 Å². The number of nitrogens with zero attached hydrogens (tertiary/aromatic N) is 5. The van der Waals surface area contributed by atoms with Gasteiger partial charge in [-0.2, -0.15) is 50.2 Å². The number of halogens is 9. The Morgan fingerprint density at radius 3 is 2.43 bits per heavy atom. The van der Waals surface area contributed by atoms with Gasteiger partial charge in [-0.25, -0.2) is 4.39 Å². The van der Waals surface area contributed by atoms with E-state index in [4.69, 9.17) is 4.74 Å². The van der Waals surface area contributed by atoms with Gasteiger partial charge in [-0.3, -0.25) is 10.00 Å². The molecule has 4 aliphatic heterocycles. The molecule has 4 aromatic rings. The van der Waals surface area contributed by atoms with Crippen LogP contribution in [0.4, 0.5) is 45.3 Å². The molecular weight excluding hydrogens is 693 g/mol. The molecular formula is C34H32F9N7O. The summed E-state index contributed by atoms with van der Waals surface area (Å²) in [4.78, 5) is 12.5. The number of piperazine rings is 1. The first kappa shape index (κ1) is 34.0. The fourth-order valence-corrected chi connectivity index (χ4v) is 8.92. The van der Waals surface area contributed by atoms with E-state index in [-0.39, 0.29) is 54.0 Å². The van der Waals surface area contributed by atoms with Gasteiger partial charge < -0.3 is 15.0 Å². The number of aryl methyl sites for hydroxylation is 1. The molecule has 0 aliphatic carbocycles. The Morgan fingerprint density at radius 1 is 1.00 bits per heavy atom. The lowest BCUT2D eigenvalue weighted by Gasteiger charge is -2.40. The Balaban J connectivity index is 1.38. The van der Waals surface area contributed by atoms with Gasteiger partial charge in [0.15, 0.2) is 5.82 Å². The van der Waals surface area contributed by atoms with Crippen LogP contribution in [0.15, 0.2) is 30.5 Å². The summed E-state index contributed by atoms with van der Waals surface area (Å²) < 4.78 is 140. The molecule has 2 aromatic carbocycles. The van der Waals surface area contributed by atoms with Gasteiger partial charge in [0.05, 0.1) is 33.9 Å². The maximum atomic E-state index is 17.2. The number of benzene rings is 2. The van der Waals surface area contributed by atoms with Gasteiger partial charge in [-0.15, -0.1) is 0 Å². The highest BCUT2D eigenvalue weighted by Crippen LogP contribution is 2.50. The number of fused-ring (bicyclic) bond motifs is 5. The van der Waals surface area contributed by atoms with Crippen LogP contribution in [0.1, 0.15) is 55.2 Å². The minimum atomic E-state index is -5.35. The van der Waals surface area contributed by atoms with Crippen molar-refractivity contribution in [2.75, 3.05) is 37.7 Å². The molecule has 17 heteroatoms. The Kier molecular flexibility index (Phi) is 7.80. The van der Waals surface area contributed by atoms with E-state index in [1.165, 1.54) is 4.90 Å². The number of rotatable bonds is 6. The molecule has 4 saturated heterocycles. The molecule has 0 unspecified atom stereocenters. The standard InChI is InChI=1S/C34H32F9N7O/c1-17-10-22-20(13-44-48-22)24(26(17)34(41,42)43)25-21(33(38,39)40)11-19-28(27(25)37)45-30(51-16-32-5-2-8-50(32)9-3-6-32)46-29(19)49-14-18-4-7-31(15-49,47-18)12-23(35)36/h10-13,18,47H,2-9,14-16H2,1H3,(H,44,48)/t18-,31-/m1/s1. The summed E-state index contributed by atoms with van der Waals surface area (Å²) in [6, 6.07) is 0.912. The zero-order valence-corrected chi connectivity index (χ0v) is 27.2. The number of H-pyrrole nitrogens is 1. The number of nitrogens with one attached hydrogen (secondary N) is 2. The highest BCUT2D eigenvalue weighted by molar-refractivity contribution is 6.02. The average Bonchev–Trinajstić information content (AvgIpc) is 3.81. The summed E-state index contributed by atoms with van der Waals surface area (Å²) in [5.74, 6) is -1.85. The van der Waals surface area contributed by atoms with Gasteiger partial charge in [-0.05, 0) is 76.2 Å². The quantitative estimate of drug-likeness (QED) is 0.197. The minimum Gasteiger partial charge on any atom is -0.461 e. The first-order valence-corrected chi connectivity index (χ1v) is 16.7. The fourth-order valence-electron chi connectivity index (χ4n) is 8.92. The fraction of sp³-hybridized carbons (Fsp3) is 0.500. The van der Waals surface area contributed by atoms with Crippen LogP contribution in [0, 0.1) is 12.7 Å². The van der Waals surface area contributed by atoms with Gasteiger partial charge in [0.2, 0.25) is 0 Å². The van der Waals surface area contributed by atoms with Crippen molar-refractivity contribution >= 4 is 27.6 Å². The zero-order valence-electron chi connectivity index (χ0n) is 27.2. The number of anilines is 1. The van der Waals surface area contributed by atoms with Crippen LogP contribution < -0.4 is 15.0 Å². The summed E-state index contributed by atoms with van der Waals surface area (Å²) in [5, 5.41) is 8.56. The van der Waals surface area contributed by atoms with Crippen molar-refractivity contribution in [3.63, 3.8) is 0 Å². The molecule has 2 aromatic heterocycles. The van der Waals surface area contributed by atoms with E-state index in [0.717, 1.165) is 64.0 Å². The lowest BCUT2D eigenvalue weighted by molar-refractivity contribution is -0.139. The smallest absolute Gasteiger partial charge is 0.417 e. The summed E-state index contributed by atoms with van der Waals surface area (Å²) in [6.45, 7) is 2.86. The van der Waals surface area contributed by atoms with Crippen LogP contribution in [0.2, 0.25) is 0 Å². The second-order valence-electron chi connectivity index (χ2n) is 14.2. The van der Waals surface area contributed by atoms with E-state index in [0.29, 0.717) is 18.9 Å². The number of hydrogen-bond acceptors (Lipinski definition) is 7. The summed E-state index contributed by atoms with van der Waals surface area (Å²) in [6.07, 6.45) is -6.52. The molecule has 2 atom stereocenters. The van der Waals surface area contributed by atoms with Crippen molar-refractivity contribution in [3.8, 4) is 17.1 Å². The third-order valence-corrected chi connectivity index (χ3v) is 11.0. The van der Waals surface area contributed by atoms with Gasteiger partial charge >= 0.3 is 18.4 Å². The van der Waals surface area contributed by atoms with E-state index < -0.39 is 68.5 Å². The monoisotopic (exact) mass is 725 g/mol. The number of ether oxygens (including phenoxy) is 1. The molecule has 8 nitrogen and oxygen atoms in total. The van der Waals surface area contributed by atoms with Crippen LogP contribution in [0.3, 0.4) is 0 Å². The third kappa shape index (κ3) is 5.66. The van der Waals surface area contributed by atoms with E-state index in [2.05, 4.69) is 30.4 Å². The Labute approximate surface area is 285 Å². The molecule has 0 amide bonds. The van der Waals surface area contributed by atoms with Crippen molar-refractivity contribution in [3.05, 3.63) is 53.0 Å². The zero-order chi connectivity index (χ0) is 36.1. The third-order valence-electron chi connectivity index (χ3n) is 11.0. The van der Waals surface area contributed by atoms with Crippen LogP contribution >= 0.6 is 0 Å². The van der Waals surface area contributed by atoms with Gasteiger partial charge in [-0.1, -0.05) is 0 Å². The van der Waals surface area contributed by atoms with Crippen LogP contribution in [-0.2, 0) is 12.4 Å².